The molecule has 20 heavy (non-hydrogen) atoms. The molecule has 2 fully saturated rings. The van der Waals surface area contributed by atoms with Crippen molar-refractivity contribution in [2.24, 2.45) is 11.7 Å². The van der Waals surface area contributed by atoms with E-state index in [-0.39, 0.29) is 0 Å². The molecule has 118 valence electrons. The van der Waals surface area contributed by atoms with Gasteiger partial charge in [-0.3, -0.25) is 4.90 Å². The molecule has 0 radical (unpaired) electrons. The second kappa shape index (κ2) is 9.01. The van der Waals surface area contributed by atoms with Gasteiger partial charge in [0.05, 0.1) is 0 Å². The van der Waals surface area contributed by atoms with Crippen molar-refractivity contribution >= 4 is 0 Å². The van der Waals surface area contributed by atoms with Gasteiger partial charge in [-0.2, -0.15) is 0 Å². The maximum atomic E-state index is 5.55. The van der Waals surface area contributed by atoms with E-state index in [1.165, 1.54) is 84.1 Å². The lowest BCUT2D eigenvalue weighted by Crippen LogP contribution is -2.53. The fourth-order valence-corrected chi connectivity index (χ4v) is 4.12. The van der Waals surface area contributed by atoms with Crippen LogP contribution in [0.25, 0.3) is 0 Å². The van der Waals surface area contributed by atoms with Crippen molar-refractivity contribution in [3.63, 3.8) is 0 Å². The highest BCUT2D eigenvalue weighted by Crippen LogP contribution is 2.31. The van der Waals surface area contributed by atoms with E-state index in [1.807, 2.05) is 0 Å². The quantitative estimate of drug-likeness (QED) is 0.728. The van der Waals surface area contributed by atoms with Crippen LogP contribution in [-0.2, 0) is 0 Å². The Kier molecular flexibility index (Phi) is 7.32. The van der Waals surface area contributed by atoms with Crippen molar-refractivity contribution in [3.8, 4) is 0 Å². The highest BCUT2D eigenvalue weighted by atomic mass is 15.3. The summed E-state index contributed by atoms with van der Waals surface area (Å²) in [5.74, 6) is 0.972. The summed E-state index contributed by atoms with van der Waals surface area (Å²) in [5, 5.41) is 0. The van der Waals surface area contributed by atoms with Crippen LogP contribution in [0, 0.1) is 5.92 Å². The first kappa shape index (κ1) is 16.3. The van der Waals surface area contributed by atoms with Gasteiger partial charge >= 0.3 is 0 Å². The van der Waals surface area contributed by atoms with Crippen LogP contribution >= 0.6 is 0 Å². The van der Waals surface area contributed by atoms with Crippen LogP contribution < -0.4 is 5.73 Å². The zero-order chi connectivity index (χ0) is 14.2. The Balaban J connectivity index is 1.67. The summed E-state index contributed by atoms with van der Waals surface area (Å²) >= 11 is 0. The van der Waals surface area contributed by atoms with E-state index in [0.717, 1.165) is 18.5 Å². The minimum Gasteiger partial charge on any atom is -0.330 e. The second-order valence-electron chi connectivity index (χ2n) is 6.75. The van der Waals surface area contributed by atoms with Crippen LogP contribution in [0.3, 0.4) is 0 Å². The van der Waals surface area contributed by atoms with Crippen LogP contribution in [-0.4, -0.2) is 55.1 Å². The van der Waals surface area contributed by atoms with E-state index in [0.29, 0.717) is 0 Å². The summed E-state index contributed by atoms with van der Waals surface area (Å²) in [6, 6.07) is 0.896. The van der Waals surface area contributed by atoms with Gasteiger partial charge in [-0.25, -0.2) is 0 Å². The fourth-order valence-electron chi connectivity index (χ4n) is 4.12. The van der Waals surface area contributed by atoms with Crippen molar-refractivity contribution in [2.75, 3.05) is 39.3 Å². The zero-order valence-electron chi connectivity index (χ0n) is 13.5. The minimum atomic E-state index is 0.855. The molecule has 3 nitrogen and oxygen atoms in total. The van der Waals surface area contributed by atoms with Gasteiger partial charge in [-0.1, -0.05) is 32.6 Å². The van der Waals surface area contributed by atoms with E-state index in [4.69, 9.17) is 5.73 Å². The van der Waals surface area contributed by atoms with E-state index < -0.39 is 0 Å². The smallest absolute Gasteiger partial charge is 0.0124 e. The number of hydrogen-bond donors (Lipinski definition) is 1. The molecule has 0 aromatic rings. The molecule has 2 N–H and O–H groups in total. The predicted molar refractivity (Wildman–Crippen MR) is 87.0 cm³/mol. The molecule has 1 aliphatic heterocycles. The van der Waals surface area contributed by atoms with Crippen LogP contribution in [0.2, 0.25) is 0 Å². The Hall–Kier alpha value is -0.120. The van der Waals surface area contributed by atoms with E-state index in [9.17, 15) is 0 Å². The van der Waals surface area contributed by atoms with E-state index in [2.05, 4.69) is 16.7 Å². The molecule has 1 aliphatic carbocycles. The zero-order valence-corrected chi connectivity index (χ0v) is 13.5. The van der Waals surface area contributed by atoms with Gasteiger partial charge in [-0.05, 0) is 44.7 Å². The summed E-state index contributed by atoms with van der Waals surface area (Å²) in [6.45, 7) is 9.71. The Labute approximate surface area is 125 Å². The number of unbranched alkanes of at least 4 members (excludes halogenated alkanes) is 2. The van der Waals surface area contributed by atoms with Crippen LogP contribution in [0.4, 0.5) is 0 Å². The molecule has 1 saturated carbocycles. The Bertz CT molecular complexity index is 249. The van der Waals surface area contributed by atoms with Crippen molar-refractivity contribution in [1.29, 1.82) is 0 Å². The summed E-state index contributed by atoms with van der Waals surface area (Å²) in [6.07, 6.45) is 11.1. The minimum absolute atomic E-state index is 0.855. The van der Waals surface area contributed by atoms with Crippen LogP contribution in [0.5, 0.6) is 0 Å². The van der Waals surface area contributed by atoms with Gasteiger partial charge in [0, 0.05) is 32.2 Å². The summed E-state index contributed by atoms with van der Waals surface area (Å²) in [7, 11) is 0. The van der Waals surface area contributed by atoms with Crippen LogP contribution in [0.15, 0.2) is 0 Å². The molecule has 0 aromatic heterocycles. The topological polar surface area (TPSA) is 32.5 Å². The third kappa shape index (κ3) is 4.71. The average molecular weight is 281 g/mol. The molecule has 3 heteroatoms. The molecule has 2 rings (SSSR count). The first-order chi connectivity index (χ1) is 9.85. The van der Waals surface area contributed by atoms with Gasteiger partial charge in [0.25, 0.3) is 0 Å². The van der Waals surface area contributed by atoms with Crippen molar-refractivity contribution < 1.29 is 0 Å². The third-order valence-electron chi connectivity index (χ3n) is 5.45. The molecule has 2 aliphatic rings. The van der Waals surface area contributed by atoms with Gasteiger partial charge < -0.3 is 10.6 Å². The summed E-state index contributed by atoms with van der Waals surface area (Å²) in [4.78, 5) is 5.47. The SMILES string of the molecule is CCC1CCCCC1N1CCN(CCCCCN)CC1. The van der Waals surface area contributed by atoms with Crippen molar-refractivity contribution in [2.45, 2.75) is 64.3 Å². The number of nitrogens with two attached hydrogens (primary N) is 1. The van der Waals surface area contributed by atoms with E-state index >= 15 is 0 Å². The molecule has 2 atom stereocenters. The molecule has 0 aromatic carbocycles. The number of hydrogen-bond acceptors (Lipinski definition) is 3. The number of piperazine rings is 1. The largest absolute Gasteiger partial charge is 0.330 e. The molecule has 0 bridgehead atoms. The monoisotopic (exact) mass is 281 g/mol. The summed E-state index contributed by atoms with van der Waals surface area (Å²) < 4.78 is 0. The summed E-state index contributed by atoms with van der Waals surface area (Å²) in [5.41, 5.74) is 5.55. The lowest BCUT2D eigenvalue weighted by Gasteiger charge is -2.44. The second-order valence-corrected chi connectivity index (χ2v) is 6.75. The van der Waals surface area contributed by atoms with Crippen molar-refractivity contribution in [3.05, 3.63) is 0 Å². The lowest BCUT2D eigenvalue weighted by molar-refractivity contribution is 0.0479. The molecule has 2 unspecified atom stereocenters. The molecule has 1 saturated heterocycles. The first-order valence-corrected chi connectivity index (χ1v) is 9.01. The number of rotatable bonds is 7. The van der Waals surface area contributed by atoms with Gasteiger partial charge in [0.1, 0.15) is 0 Å². The molecular weight excluding hydrogens is 246 g/mol. The molecular formula is C17H35N3. The van der Waals surface area contributed by atoms with E-state index in [1.54, 1.807) is 0 Å². The van der Waals surface area contributed by atoms with Crippen LogP contribution in [0.1, 0.15) is 58.3 Å². The lowest BCUT2D eigenvalue weighted by atomic mass is 9.81. The predicted octanol–water partition coefficient (Wildman–Crippen LogP) is 2.70. The normalized spacial score (nSPS) is 29.7. The Morgan fingerprint density at radius 3 is 2.40 bits per heavy atom. The van der Waals surface area contributed by atoms with Gasteiger partial charge in [0.2, 0.25) is 0 Å². The maximum Gasteiger partial charge on any atom is 0.0124 e. The van der Waals surface area contributed by atoms with Crippen molar-refractivity contribution in [1.82, 2.24) is 9.80 Å². The average Bonchev–Trinajstić information content (AvgIpc) is 2.52. The standard InChI is InChI=1S/C17H35N3/c1-2-16-8-4-5-9-17(16)20-14-12-19(13-15-20)11-7-3-6-10-18/h16-17H,2-15,18H2,1H3. The highest BCUT2D eigenvalue weighted by molar-refractivity contribution is 4.85. The Morgan fingerprint density at radius 2 is 1.70 bits per heavy atom. The molecule has 0 amide bonds. The molecule has 0 spiro atoms. The highest BCUT2D eigenvalue weighted by Gasteiger charge is 2.30. The van der Waals surface area contributed by atoms with Gasteiger partial charge in [0.15, 0.2) is 0 Å². The first-order valence-electron chi connectivity index (χ1n) is 9.01. The van der Waals surface area contributed by atoms with Gasteiger partial charge in [-0.15, -0.1) is 0 Å². The fraction of sp³-hybridized carbons (Fsp3) is 1.00. The third-order valence-corrected chi connectivity index (χ3v) is 5.45. The number of nitrogens with zero attached hydrogens (tertiary/aromatic N) is 2. The Morgan fingerprint density at radius 1 is 0.950 bits per heavy atom. The maximum absolute atomic E-state index is 5.55. The molecule has 1 heterocycles.